The number of hydrogen-bond acceptors (Lipinski definition) is 3. The number of anilines is 1. The van der Waals surface area contributed by atoms with E-state index in [1.54, 1.807) is 25.8 Å². The van der Waals surface area contributed by atoms with Gasteiger partial charge in [-0.3, -0.25) is 14.5 Å². The van der Waals surface area contributed by atoms with Crippen molar-refractivity contribution in [3.05, 3.63) is 29.8 Å². The molecule has 110 valence electrons. The highest BCUT2D eigenvalue weighted by Gasteiger charge is 2.22. The van der Waals surface area contributed by atoms with Crippen LogP contribution in [-0.2, 0) is 9.59 Å². The number of benzene rings is 1. The molecule has 0 aliphatic heterocycles. The number of aryl methyl sites for hydroxylation is 1. The lowest BCUT2D eigenvalue weighted by molar-refractivity contribution is -0.142. The third kappa shape index (κ3) is 4.35. The minimum atomic E-state index is -0.858. The molecule has 0 bridgehead atoms. The van der Waals surface area contributed by atoms with Gasteiger partial charge in [0, 0.05) is 12.2 Å². The molecular formula is C15H22N2O3. The lowest BCUT2D eigenvalue weighted by Crippen LogP contribution is -2.42. The Hall–Kier alpha value is -1.88. The van der Waals surface area contributed by atoms with Crippen LogP contribution in [0.4, 0.5) is 5.69 Å². The fraction of sp³-hybridized carbons (Fsp3) is 0.467. The fourth-order valence-corrected chi connectivity index (χ4v) is 1.82. The van der Waals surface area contributed by atoms with Crippen LogP contribution in [0.3, 0.4) is 0 Å². The van der Waals surface area contributed by atoms with E-state index < -0.39 is 17.9 Å². The van der Waals surface area contributed by atoms with E-state index >= 15 is 0 Å². The number of carboxylic acids is 1. The molecule has 0 aliphatic rings. The highest BCUT2D eigenvalue weighted by atomic mass is 16.4. The molecule has 0 spiro atoms. The summed E-state index contributed by atoms with van der Waals surface area (Å²) < 4.78 is 0. The first-order valence-electron chi connectivity index (χ1n) is 6.62. The summed E-state index contributed by atoms with van der Waals surface area (Å²) in [5.41, 5.74) is 1.78. The topological polar surface area (TPSA) is 69.6 Å². The molecule has 0 heterocycles. The summed E-state index contributed by atoms with van der Waals surface area (Å²) in [5.74, 6) is -1.50. The molecule has 1 aromatic carbocycles. The molecule has 2 unspecified atom stereocenters. The van der Waals surface area contributed by atoms with Gasteiger partial charge in [0.1, 0.15) is 0 Å². The molecule has 5 nitrogen and oxygen atoms in total. The van der Waals surface area contributed by atoms with Gasteiger partial charge in [0.15, 0.2) is 0 Å². The Morgan fingerprint density at radius 2 is 1.90 bits per heavy atom. The van der Waals surface area contributed by atoms with Gasteiger partial charge in [-0.25, -0.2) is 0 Å². The summed E-state index contributed by atoms with van der Waals surface area (Å²) in [6.07, 6.45) is 0. The summed E-state index contributed by atoms with van der Waals surface area (Å²) in [6.45, 7) is 5.65. The van der Waals surface area contributed by atoms with Crippen molar-refractivity contribution in [1.82, 2.24) is 4.90 Å². The van der Waals surface area contributed by atoms with E-state index in [0.29, 0.717) is 6.54 Å². The number of carbonyl (C=O) groups excluding carboxylic acids is 1. The zero-order valence-electron chi connectivity index (χ0n) is 12.4. The van der Waals surface area contributed by atoms with Crippen LogP contribution >= 0.6 is 0 Å². The maximum Gasteiger partial charge on any atom is 0.307 e. The number of likely N-dealkylation sites (N-methyl/N-ethyl adjacent to an activating group) is 1. The van der Waals surface area contributed by atoms with Gasteiger partial charge in [0.05, 0.1) is 12.0 Å². The zero-order valence-corrected chi connectivity index (χ0v) is 12.4. The highest BCUT2D eigenvalue weighted by molar-refractivity contribution is 5.95. The number of rotatable bonds is 6. The quantitative estimate of drug-likeness (QED) is 0.834. The molecule has 20 heavy (non-hydrogen) atoms. The van der Waals surface area contributed by atoms with Crippen LogP contribution in [0.15, 0.2) is 24.3 Å². The number of nitrogens with zero attached hydrogens (tertiary/aromatic N) is 1. The first-order valence-corrected chi connectivity index (χ1v) is 6.62. The van der Waals surface area contributed by atoms with E-state index in [0.717, 1.165) is 11.3 Å². The van der Waals surface area contributed by atoms with Crippen LogP contribution in [0.2, 0.25) is 0 Å². The van der Waals surface area contributed by atoms with Crippen LogP contribution in [0.5, 0.6) is 0 Å². The van der Waals surface area contributed by atoms with E-state index in [-0.39, 0.29) is 5.91 Å². The molecular weight excluding hydrogens is 256 g/mol. The van der Waals surface area contributed by atoms with Crippen LogP contribution in [-0.4, -0.2) is 41.5 Å². The largest absolute Gasteiger partial charge is 0.481 e. The second-order valence-electron chi connectivity index (χ2n) is 5.16. The van der Waals surface area contributed by atoms with E-state index in [1.165, 1.54) is 0 Å². The smallest absolute Gasteiger partial charge is 0.307 e. The summed E-state index contributed by atoms with van der Waals surface area (Å²) in [7, 11) is 1.75. The molecule has 0 fully saturated rings. The van der Waals surface area contributed by atoms with Gasteiger partial charge in [-0.05, 0) is 32.5 Å². The molecule has 5 heteroatoms. The number of aliphatic carboxylic acids is 1. The maximum absolute atomic E-state index is 12.2. The molecule has 0 saturated heterocycles. The molecule has 1 rings (SSSR count). The average molecular weight is 278 g/mol. The Labute approximate surface area is 119 Å². The Morgan fingerprint density at radius 3 is 2.45 bits per heavy atom. The van der Waals surface area contributed by atoms with Crippen LogP contribution in [0.25, 0.3) is 0 Å². The van der Waals surface area contributed by atoms with Crippen LogP contribution < -0.4 is 5.32 Å². The second-order valence-corrected chi connectivity index (χ2v) is 5.16. The predicted molar refractivity (Wildman–Crippen MR) is 78.7 cm³/mol. The lowest BCUT2D eigenvalue weighted by atomic mass is 10.1. The van der Waals surface area contributed by atoms with Crippen molar-refractivity contribution >= 4 is 17.6 Å². The second kappa shape index (κ2) is 7.05. The number of para-hydroxylation sites is 1. The third-order valence-corrected chi connectivity index (χ3v) is 3.43. The van der Waals surface area contributed by atoms with Crippen LogP contribution in [0, 0.1) is 12.8 Å². The van der Waals surface area contributed by atoms with Crippen molar-refractivity contribution in [3.63, 3.8) is 0 Å². The van der Waals surface area contributed by atoms with E-state index in [2.05, 4.69) is 5.32 Å². The first-order chi connectivity index (χ1) is 9.32. The molecule has 0 aromatic heterocycles. The van der Waals surface area contributed by atoms with E-state index in [9.17, 15) is 9.59 Å². The molecule has 0 aliphatic carbocycles. The SMILES string of the molecule is Cc1ccccc1NC(=O)C(C)N(C)CC(C)C(=O)O. The molecule has 2 N–H and O–H groups in total. The van der Waals surface area contributed by atoms with Crippen molar-refractivity contribution in [3.8, 4) is 0 Å². The summed E-state index contributed by atoms with van der Waals surface area (Å²) >= 11 is 0. The summed E-state index contributed by atoms with van der Waals surface area (Å²) in [6, 6.07) is 7.16. The van der Waals surface area contributed by atoms with E-state index in [4.69, 9.17) is 5.11 Å². The number of hydrogen-bond donors (Lipinski definition) is 2. The number of carbonyl (C=O) groups is 2. The van der Waals surface area contributed by atoms with Gasteiger partial charge in [-0.2, -0.15) is 0 Å². The normalized spacial score (nSPS) is 13.8. The minimum absolute atomic E-state index is 0.139. The zero-order chi connectivity index (χ0) is 15.3. The Morgan fingerprint density at radius 1 is 1.30 bits per heavy atom. The first kappa shape index (κ1) is 16.2. The van der Waals surface area contributed by atoms with Gasteiger partial charge >= 0.3 is 5.97 Å². The molecule has 1 aromatic rings. The molecule has 0 saturated carbocycles. The number of amides is 1. The monoisotopic (exact) mass is 278 g/mol. The Balaban J connectivity index is 2.63. The van der Waals surface area contributed by atoms with Gasteiger partial charge in [0.25, 0.3) is 0 Å². The van der Waals surface area contributed by atoms with Gasteiger partial charge in [-0.15, -0.1) is 0 Å². The van der Waals surface area contributed by atoms with Crippen molar-refractivity contribution in [2.75, 3.05) is 18.9 Å². The molecule has 0 radical (unpaired) electrons. The van der Waals surface area contributed by atoms with Gasteiger partial charge in [-0.1, -0.05) is 25.1 Å². The van der Waals surface area contributed by atoms with Crippen LogP contribution in [0.1, 0.15) is 19.4 Å². The lowest BCUT2D eigenvalue weighted by Gasteiger charge is -2.25. The average Bonchev–Trinajstić information content (AvgIpc) is 2.40. The third-order valence-electron chi connectivity index (χ3n) is 3.43. The standard InChI is InChI=1S/C15H22N2O3/c1-10-7-5-6-8-13(10)16-14(18)12(3)17(4)9-11(2)15(19)20/h5-8,11-12H,9H2,1-4H3,(H,16,18)(H,19,20). The highest BCUT2D eigenvalue weighted by Crippen LogP contribution is 2.14. The van der Waals surface area contributed by atoms with Crippen molar-refractivity contribution in [2.24, 2.45) is 5.92 Å². The fourth-order valence-electron chi connectivity index (χ4n) is 1.82. The van der Waals surface area contributed by atoms with Gasteiger partial charge < -0.3 is 10.4 Å². The van der Waals surface area contributed by atoms with Gasteiger partial charge in [0.2, 0.25) is 5.91 Å². The van der Waals surface area contributed by atoms with Crippen molar-refractivity contribution in [2.45, 2.75) is 26.8 Å². The summed E-state index contributed by atoms with van der Waals surface area (Å²) in [5, 5.41) is 11.8. The van der Waals surface area contributed by atoms with Crippen molar-refractivity contribution in [1.29, 1.82) is 0 Å². The van der Waals surface area contributed by atoms with E-state index in [1.807, 2.05) is 31.2 Å². The van der Waals surface area contributed by atoms with Crippen molar-refractivity contribution < 1.29 is 14.7 Å². The molecule has 1 amide bonds. The molecule has 2 atom stereocenters. The minimum Gasteiger partial charge on any atom is -0.481 e. The predicted octanol–water partition coefficient (Wildman–Crippen LogP) is 1.97. The number of nitrogens with one attached hydrogen (secondary N) is 1. The number of carboxylic acid groups (broad SMARTS) is 1. The maximum atomic E-state index is 12.2. The summed E-state index contributed by atoms with van der Waals surface area (Å²) in [4.78, 5) is 24.7. The Bertz CT molecular complexity index is 488. The Kier molecular flexibility index (Phi) is 5.70.